The van der Waals surface area contributed by atoms with Gasteiger partial charge in [0.15, 0.2) is 0 Å². The summed E-state index contributed by atoms with van der Waals surface area (Å²) in [6, 6.07) is 1.38. The van der Waals surface area contributed by atoms with Crippen molar-refractivity contribution in [2.45, 2.75) is 19.1 Å². The van der Waals surface area contributed by atoms with Crippen LogP contribution < -0.4 is 5.32 Å². The van der Waals surface area contributed by atoms with Gasteiger partial charge in [-0.05, 0) is 6.92 Å². The van der Waals surface area contributed by atoms with Crippen LogP contribution >= 0.6 is 0 Å². The monoisotopic (exact) mass is 140 g/mol. The molecule has 1 amide bonds. The zero-order valence-electron chi connectivity index (χ0n) is 5.53. The zero-order chi connectivity index (χ0) is 7.72. The second-order valence-electron chi connectivity index (χ2n) is 2.38. The average molecular weight is 140 g/mol. The predicted molar refractivity (Wildman–Crippen MR) is 32.7 cm³/mol. The highest BCUT2D eigenvalue weighted by atomic mass is 16.3. The van der Waals surface area contributed by atoms with Crippen LogP contribution in [-0.4, -0.2) is 23.2 Å². The van der Waals surface area contributed by atoms with Gasteiger partial charge in [0.1, 0.15) is 6.04 Å². The molecule has 1 heterocycles. The van der Waals surface area contributed by atoms with Crippen molar-refractivity contribution in [1.29, 1.82) is 5.26 Å². The number of carbonyl (C=O) groups is 1. The molecule has 0 bridgehead atoms. The number of aliphatic hydroxyl groups excluding tert-OH is 1. The molecule has 1 aliphatic heterocycles. The third-order valence-corrected chi connectivity index (χ3v) is 1.62. The Kier molecular flexibility index (Phi) is 1.60. The molecule has 54 valence electrons. The van der Waals surface area contributed by atoms with Crippen LogP contribution in [0.5, 0.6) is 0 Å². The zero-order valence-corrected chi connectivity index (χ0v) is 5.53. The topological polar surface area (TPSA) is 73.1 Å². The van der Waals surface area contributed by atoms with E-state index >= 15 is 0 Å². The first-order chi connectivity index (χ1) is 4.66. The van der Waals surface area contributed by atoms with E-state index < -0.39 is 18.1 Å². The number of nitrogens with one attached hydrogen (secondary N) is 1. The number of amides is 1. The van der Waals surface area contributed by atoms with E-state index in [1.54, 1.807) is 0 Å². The summed E-state index contributed by atoms with van der Waals surface area (Å²) in [4.78, 5) is 10.6. The van der Waals surface area contributed by atoms with Gasteiger partial charge in [0.2, 0.25) is 5.91 Å². The summed E-state index contributed by atoms with van der Waals surface area (Å²) in [5, 5.41) is 19.6. The lowest BCUT2D eigenvalue weighted by Crippen LogP contribution is -2.61. The number of aliphatic hydroxyl groups is 1. The summed E-state index contributed by atoms with van der Waals surface area (Å²) >= 11 is 0. The average Bonchev–Trinajstić information content (AvgIpc) is 1.80. The van der Waals surface area contributed by atoms with Gasteiger partial charge >= 0.3 is 0 Å². The minimum absolute atomic E-state index is 0.235. The Morgan fingerprint density at radius 1 is 1.90 bits per heavy atom. The van der Waals surface area contributed by atoms with E-state index in [0.717, 1.165) is 0 Å². The van der Waals surface area contributed by atoms with Crippen LogP contribution in [0.2, 0.25) is 0 Å². The molecule has 0 aromatic heterocycles. The molecule has 1 rings (SSSR count). The normalized spacial score (nSPS) is 33.5. The molecular weight excluding hydrogens is 132 g/mol. The van der Waals surface area contributed by atoms with E-state index in [0.29, 0.717) is 0 Å². The number of rotatable bonds is 1. The van der Waals surface area contributed by atoms with Gasteiger partial charge in [-0.25, -0.2) is 0 Å². The van der Waals surface area contributed by atoms with Crippen LogP contribution in [-0.2, 0) is 4.79 Å². The molecule has 4 nitrogen and oxygen atoms in total. The number of β-lactam (4-membered cyclic amide) rings is 1. The number of hydrogen-bond acceptors (Lipinski definition) is 3. The van der Waals surface area contributed by atoms with Crippen molar-refractivity contribution in [2.24, 2.45) is 5.92 Å². The second-order valence-corrected chi connectivity index (χ2v) is 2.38. The molecule has 0 aliphatic carbocycles. The van der Waals surface area contributed by atoms with Gasteiger partial charge in [0.05, 0.1) is 18.1 Å². The van der Waals surface area contributed by atoms with Crippen LogP contribution in [0.15, 0.2) is 0 Å². The van der Waals surface area contributed by atoms with Crippen molar-refractivity contribution in [2.75, 3.05) is 0 Å². The first-order valence-electron chi connectivity index (χ1n) is 3.05. The van der Waals surface area contributed by atoms with Crippen LogP contribution in [0.3, 0.4) is 0 Å². The summed E-state index contributed by atoms with van der Waals surface area (Å²) < 4.78 is 0. The minimum Gasteiger partial charge on any atom is -0.392 e. The Labute approximate surface area is 58.5 Å². The molecule has 10 heavy (non-hydrogen) atoms. The molecule has 0 spiro atoms. The SMILES string of the molecule is C[C@@H](O)[C@H]1C(=O)N[C@H]1C#N. The van der Waals surface area contributed by atoms with E-state index in [4.69, 9.17) is 10.4 Å². The van der Waals surface area contributed by atoms with E-state index in [-0.39, 0.29) is 5.91 Å². The maximum absolute atomic E-state index is 10.6. The molecule has 0 aromatic carbocycles. The van der Waals surface area contributed by atoms with Crippen LogP contribution in [0.25, 0.3) is 0 Å². The maximum atomic E-state index is 10.6. The highest BCUT2D eigenvalue weighted by molar-refractivity contribution is 5.87. The fourth-order valence-corrected chi connectivity index (χ4v) is 1.00. The maximum Gasteiger partial charge on any atom is 0.229 e. The first kappa shape index (κ1) is 7.03. The van der Waals surface area contributed by atoms with E-state index in [1.807, 2.05) is 6.07 Å². The number of carbonyl (C=O) groups excluding carboxylic acids is 1. The Hall–Kier alpha value is -1.08. The van der Waals surface area contributed by atoms with Gasteiger partial charge in [-0.15, -0.1) is 0 Å². The molecule has 0 unspecified atom stereocenters. The summed E-state index contributed by atoms with van der Waals surface area (Å²) in [5.74, 6) is -0.758. The lowest BCUT2D eigenvalue weighted by molar-refractivity contribution is -0.138. The van der Waals surface area contributed by atoms with Gasteiger partial charge in [-0.2, -0.15) is 5.26 Å². The van der Waals surface area contributed by atoms with Crippen LogP contribution in [0, 0.1) is 17.2 Å². The Morgan fingerprint density at radius 2 is 2.50 bits per heavy atom. The lowest BCUT2D eigenvalue weighted by Gasteiger charge is -2.33. The highest BCUT2D eigenvalue weighted by Crippen LogP contribution is 2.17. The Bertz CT molecular complexity index is 194. The molecule has 1 aliphatic rings. The predicted octanol–water partition coefficient (Wildman–Crippen LogP) is -0.995. The number of hydrogen-bond donors (Lipinski definition) is 2. The van der Waals surface area contributed by atoms with Gasteiger partial charge < -0.3 is 10.4 Å². The third-order valence-electron chi connectivity index (χ3n) is 1.62. The van der Waals surface area contributed by atoms with E-state index in [1.165, 1.54) is 6.92 Å². The lowest BCUT2D eigenvalue weighted by atomic mass is 9.87. The fraction of sp³-hybridized carbons (Fsp3) is 0.667. The molecule has 1 saturated heterocycles. The molecule has 0 saturated carbocycles. The fourth-order valence-electron chi connectivity index (χ4n) is 1.00. The molecule has 4 heteroatoms. The summed E-state index contributed by atoms with van der Waals surface area (Å²) in [7, 11) is 0. The second kappa shape index (κ2) is 2.27. The smallest absolute Gasteiger partial charge is 0.229 e. The molecule has 0 aromatic rings. The molecule has 0 radical (unpaired) electrons. The van der Waals surface area contributed by atoms with Gasteiger partial charge in [-0.3, -0.25) is 4.79 Å². The van der Waals surface area contributed by atoms with Crippen molar-refractivity contribution < 1.29 is 9.90 Å². The van der Waals surface area contributed by atoms with E-state index in [9.17, 15) is 4.79 Å². The molecular formula is C6H8N2O2. The quantitative estimate of drug-likeness (QED) is 0.459. The van der Waals surface area contributed by atoms with Crippen molar-refractivity contribution in [3.8, 4) is 6.07 Å². The number of nitrogens with zero attached hydrogens (tertiary/aromatic N) is 1. The van der Waals surface area contributed by atoms with Gasteiger partial charge in [0.25, 0.3) is 0 Å². The Morgan fingerprint density at radius 3 is 2.70 bits per heavy atom. The van der Waals surface area contributed by atoms with Crippen molar-refractivity contribution in [1.82, 2.24) is 5.32 Å². The first-order valence-corrected chi connectivity index (χ1v) is 3.05. The minimum atomic E-state index is -0.724. The number of nitriles is 1. The van der Waals surface area contributed by atoms with Crippen molar-refractivity contribution in [3.05, 3.63) is 0 Å². The summed E-state index contributed by atoms with van der Waals surface area (Å²) in [6.07, 6.45) is -0.724. The van der Waals surface area contributed by atoms with Crippen LogP contribution in [0.4, 0.5) is 0 Å². The van der Waals surface area contributed by atoms with Crippen LogP contribution in [0.1, 0.15) is 6.92 Å². The molecule has 1 fully saturated rings. The molecule has 2 N–H and O–H groups in total. The summed E-state index contributed by atoms with van der Waals surface area (Å²) in [6.45, 7) is 1.51. The van der Waals surface area contributed by atoms with Crippen molar-refractivity contribution >= 4 is 5.91 Å². The third kappa shape index (κ3) is 0.847. The Balaban J connectivity index is 2.58. The largest absolute Gasteiger partial charge is 0.392 e. The van der Waals surface area contributed by atoms with Gasteiger partial charge in [-0.1, -0.05) is 0 Å². The summed E-state index contributed by atoms with van der Waals surface area (Å²) in [5.41, 5.74) is 0. The van der Waals surface area contributed by atoms with E-state index in [2.05, 4.69) is 5.32 Å². The van der Waals surface area contributed by atoms with Crippen molar-refractivity contribution in [3.63, 3.8) is 0 Å². The highest BCUT2D eigenvalue weighted by Gasteiger charge is 2.42. The van der Waals surface area contributed by atoms with Gasteiger partial charge in [0, 0.05) is 0 Å². The molecule has 3 atom stereocenters. The standard InChI is InChI=1S/C6H8N2O2/c1-3(9)5-4(2-7)8-6(5)10/h3-5,9H,1H3,(H,8,10)/t3-,4+,5-/m1/s1.